The van der Waals surface area contributed by atoms with Gasteiger partial charge in [0.15, 0.2) is 0 Å². The van der Waals surface area contributed by atoms with E-state index in [9.17, 15) is 0 Å². The molecule has 0 radical (unpaired) electrons. The standard InChI is InChI=1S/C15H26N2O/c1-5-17(4)10-11-18-15-8-6-14(7-9-15)12-16-13(2)3/h6-9,13,16H,5,10-12H2,1-4H3. The van der Waals surface area contributed by atoms with Crippen molar-refractivity contribution in [1.29, 1.82) is 0 Å². The van der Waals surface area contributed by atoms with Gasteiger partial charge in [0.1, 0.15) is 12.4 Å². The van der Waals surface area contributed by atoms with Gasteiger partial charge in [-0.1, -0.05) is 32.9 Å². The highest BCUT2D eigenvalue weighted by Crippen LogP contribution is 2.12. The third-order valence-corrected chi connectivity index (χ3v) is 2.92. The van der Waals surface area contributed by atoms with Crippen LogP contribution in [0.5, 0.6) is 5.75 Å². The third-order valence-electron chi connectivity index (χ3n) is 2.92. The van der Waals surface area contributed by atoms with Gasteiger partial charge in [0, 0.05) is 19.1 Å². The first-order valence-electron chi connectivity index (χ1n) is 6.75. The van der Waals surface area contributed by atoms with E-state index in [2.05, 4.69) is 50.2 Å². The molecule has 0 bridgehead atoms. The molecule has 0 saturated heterocycles. The third kappa shape index (κ3) is 6.03. The van der Waals surface area contributed by atoms with E-state index in [0.717, 1.165) is 32.0 Å². The SMILES string of the molecule is CCN(C)CCOc1ccc(CNC(C)C)cc1. The first kappa shape index (κ1) is 15.0. The van der Waals surface area contributed by atoms with Crippen molar-refractivity contribution in [2.24, 2.45) is 0 Å². The van der Waals surface area contributed by atoms with Crippen LogP contribution in [0.3, 0.4) is 0 Å². The van der Waals surface area contributed by atoms with Gasteiger partial charge < -0.3 is 15.0 Å². The van der Waals surface area contributed by atoms with E-state index in [1.807, 2.05) is 12.1 Å². The zero-order valence-corrected chi connectivity index (χ0v) is 12.1. The maximum atomic E-state index is 5.70. The van der Waals surface area contributed by atoms with E-state index in [1.165, 1.54) is 5.56 Å². The van der Waals surface area contributed by atoms with Crippen molar-refractivity contribution in [3.05, 3.63) is 29.8 Å². The van der Waals surface area contributed by atoms with Crippen molar-refractivity contribution in [3.8, 4) is 5.75 Å². The Kier molecular flexibility index (Phi) is 6.76. The summed E-state index contributed by atoms with van der Waals surface area (Å²) in [7, 11) is 2.10. The molecule has 0 saturated carbocycles. The summed E-state index contributed by atoms with van der Waals surface area (Å²) in [6, 6.07) is 8.85. The van der Waals surface area contributed by atoms with Crippen molar-refractivity contribution >= 4 is 0 Å². The molecule has 0 spiro atoms. The molecule has 0 aliphatic heterocycles. The topological polar surface area (TPSA) is 24.5 Å². The highest BCUT2D eigenvalue weighted by atomic mass is 16.5. The Morgan fingerprint density at radius 2 is 1.89 bits per heavy atom. The van der Waals surface area contributed by atoms with Crippen molar-refractivity contribution in [3.63, 3.8) is 0 Å². The highest BCUT2D eigenvalue weighted by molar-refractivity contribution is 5.27. The molecule has 3 nitrogen and oxygen atoms in total. The molecular formula is C15H26N2O. The summed E-state index contributed by atoms with van der Waals surface area (Å²) in [6.07, 6.45) is 0. The maximum absolute atomic E-state index is 5.70. The zero-order chi connectivity index (χ0) is 13.4. The van der Waals surface area contributed by atoms with Crippen LogP contribution in [0.2, 0.25) is 0 Å². The fraction of sp³-hybridized carbons (Fsp3) is 0.600. The van der Waals surface area contributed by atoms with Crippen molar-refractivity contribution in [2.75, 3.05) is 26.7 Å². The van der Waals surface area contributed by atoms with E-state index >= 15 is 0 Å². The molecule has 1 aromatic carbocycles. The fourth-order valence-corrected chi connectivity index (χ4v) is 1.50. The Hall–Kier alpha value is -1.06. The van der Waals surface area contributed by atoms with Gasteiger partial charge in [-0.3, -0.25) is 0 Å². The summed E-state index contributed by atoms with van der Waals surface area (Å²) in [6.45, 7) is 10.1. The minimum Gasteiger partial charge on any atom is -0.492 e. The number of hydrogen-bond acceptors (Lipinski definition) is 3. The van der Waals surface area contributed by atoms with Gasteiger partial charge in [-0.25, -0.2) is 0 Å². The Morgan fingerprint density at radius 3 is 2.44 bits per heavy atom. The van der Waals surface area contributed by atoms with Gasteiger partial charge in [-0.15, -0.1) is 0 Å². The minimum absolute atomic E-state index is 0.519. The molecule has 0 heterocycles. The maximum Gasteiger partial charge on any atom is 0.119 e. The molecular weight excluding hydrogens is 224 g/mol. The number of nitrogens with zero attached hydrogens (tertiary/aromatic N) is 1. The van der Waals surface area contributed by atoms with Gasteiger partial charge in [0.05, 0.1) is 0 Å². The lowest BCUT2D eigenvalue weighted by molar-refractivity contribution is 0.244. The number of benzene rings is 1. The van der Waals surface area contributed by atoms with Gasteiger partial charge in [-0.2, -0.15) is 0 Å². The van der Waals surface area contributed by atoms with Crippen LogP contribution < -0.4 is 10.1 Å². The highest BCUT2D eigenvalue weighted by Gasteiger charge is 1.98. The Morgan fingerprint density at radius 1 is 1.22 bits per heavy atom. The molecule has 0 atom stereocenters. The fourth-order valence-electron chi connectivity index (χ4n) is 1.50. The summed E-state index contributed by atoms with van der Waals surface area (Å²) in [4.78, 5) is 2.24. The second-order valence-corrected chi connectivity index (χ2v) is 4.92. The van der Waals surface area contributed by atoms with E-state index in [-0.39, 0.29) is 0 Å². The molecule has 18 heavy (non-hydrogen) atoms. The van der Waals surface area contributed by atoms with Crippen molar-refractivity contribution < 1.29 is 4.74 Å². The molecule has 1 N–H and O–H groups in total. The molecule has 0 aromatic heterocycles. The van der Waals surface area contributed by atoms with E-state index in [0.29, 0.717) is 6.04 Å². The molecule has 1 rings (SSSR count). The summed E-state index contributed by atoms with van der Waals surface area (Å²) < 4.78 is 5.70. The number of hydrogen-bond donors (Lipinski definition) is 1. The lowest BCUT2D eigenvalue weighted by Crippen LogP contribution is -2.23. The molecule has 102 valence electrons. The Balaban J connectivity index is 2.31. The molecule has 0 aliphatic rings. The predicted molar refractivity (Wildman–Crippen MR) is 77.1 cm³/mol. The van der Waals surface area contributed by atoms with Crippen LogP contribution in [0.1, 0.15) is 26.3 Å². The molecule has 1 aromatic rings. The van der Waals surface area contributed by atoms with Crippen molar-refractivity contribution in [2.45, 2.75) is 33.4 Å². The first-order valence-corrected chi connectivity index (χ1v) is 6.75. The predicted octanol–water partition coefficient (Wildman–Crippen LogP) is 2.52. The Bertz CT molecular complexity index is 322. The van der Waals surface area contributed by atoms with Crippen LogP contribution >= 0.6 is 0 Å². The molecule has 0 aliphatic carbocycles. The summed E-state index contributed by atoms with van der Waals surface area (Å²) >= 11 is 0. The lowest BCUT2D eigenvalue weighted by atomic mass is 10.2. The van der Waals surface area contributed by atoms with Gasteiger partial charge in [0.25, 0.3) is 0 Å². The molecule has 3 heteroatoms. The van der Waals surface area contributed by atoms with Gasteiger partial charge in [-0.05, 0) is 31.3 Å². The van der Waals surface area contributed by atoms with E-state index in [4.69, 9.17) is 4.74 Å². The second-order valence-electron chi connectivity index (χ2n) is 4.92. The molecule has 0 unspecified atom stereocenters. The van der Waals surface area contributed by atoms with E-state index < -0.39 is 0 Å². The second kappa shape index (κ2) is 8.11. The minimum atomic E-state index is 0.519. The van der Waals surface area contributed by atoms with E-state index in [1.54, 1.807) is 0 Å². The summed E-state index contributed by atoms with van der Waals surface area (Å²) in [5.41, 5.74) is 1.29. The number of rotatable bonds is 8. The van der Waals surface area contributed by atoms with Crippen LogP contribution in [0.4, 0.5) is 0 Å². The van der Waals surface area contributed by atoms with Gasteiger partial charge in [0.2, 0.25) is 0 Å². The van der Waals surface area contributed by atoms with Crippen LogP contribution in [0.15, 0.2) is 24.3 Å². The molecule has 0 amide bonds. The van der Waals surface area contributed by atoms with Crippen molar-refractivity contribution in [1.82, 2.24) is 10.2 Å². The monoisotopic (exact) mass is 250 g/mol. The lowest BCUT2D eigenvalue weighted by Gasteiger charge is -2.14. The van der Waals surface area contributed by atoms with Gasteiger partial charge >= 0.3 is 0 Å². The summed E-state index contributed by atoms with van der Waals surface area (Å²) in [5, 5.41) is 3.40. The first-order chi connectivity index (χ1) is 8.61. The number of nitrogens with one attached hydrogen (secondary N) is 1. The zero-order valence-electron chi connectivity index (χ0n) is 12.1. The average molecular weight is 250 g/mol. The van der Waals surface area contributed by atoms with Crippen LogP contribution in [-0.2, 0) is 6.54 Å². The normalized spacial score (nSPS) is 11.2. The largest absolute Gasteiger partial charge is 0.492 e. The quantitative estimate of drug-likeness (QED) is 0.767. The van der Waals surface area contributed by atoms with Crippen LogP contribution in [0.25, 0.3) is 0 Å². The van der Waals surface area contributed by atoms with Crippen LogP contribution in [0, 0.1) is 0 Å². The number of ether oxygens (including phenoxy) is 1. The Labute approximate surface area is 111 Å². The smallest absolute Gasteiger partial charge is 0.119 e. The molecule has 0 fully saturated rings. The summed E-state index contributed by atoms with van der Waals surface area (Å²) in [5.74, 6) is 0.952. The average Bonchev–Trinajstić information content (AvgIpc) is 2.37. The van der Waals surface area contributed by atoms with Crippen LogP contribution in [-0.4, -0.2) is 37.7 Å². The number of likely N-dealkylation sites (N-methyl/N-ethyl adjacent to an activating group) is 1.